The minimum absolute atomic E-state index is 0.0246. The number of ether oxygens (including phenoxy) is 1. The molecule has 2 aromatic carbocycles. The van der Waals surface area contributed by atoms with Crippen LogP contribution in [0.25, 0.3) is 11.1 Å². The predicted molar refractivity (Wildman–Crippen MR) is 116 cm³/mol. The van der Waals surface area contributed by atoms with Gasteiger partial charge in [0.25, 0.3) is 0 Å². The van der Waals surface area contributed by atoms with E-state index in [1.165, 1.54) is 22.3 Å². The highest BCUT2D eigenvalue weighted by Gasteiger charge is 2.45. The van der Waals surface area contributed by atoms with Crippen molar-refractivity contribution in [3.63, 3.8) is 0 Å². The number of ketones is 1. The first kappa shape index (κ1) is 19.8. The Bertz CT molecular complexity index is 997. The van der Waals surface area contributed by atoms with Gasteiger partial charge in [-0.25, -0.2) is 4.79 Å². The highest BCUT2D eigenvalue weighted by atomic mass is 16.6. The van der Waals surface area contributed by atoms with Crippen LogP contribution in [0.1, 0.15) is 55.6 Å². The lowest BCUT2D eigenvalue weighted by molar-refractivity contribution is -0.125. The average Bonchev–Trinajstić information content (AvgIpc) is 3.26. The summed E-state index contributed by atoms with van der Waals surface area (Å²) in [5.41, 5.74) is 4.86. The molecule has 3 aliphatic rings. The molecule has 0 radical (unpaired) electrons. The smallest absolute Gasteiger partial charge is 0.410 e. The van der Waals surface area contributed by atoms with Gasteiger partial charge in [0.1, 0.15) is 12.4 Å². The molecule has 2 unspecified atom stereocenters. The van der Waals surface area contributed by atoms with Crippen molar-refractivity contribution >= 4 is 11.9 Å². The predicted octanol–water partition coefficient (Wildman–Crippen LogP) is 5.05. The molecule has 2 aliphatic heterocycles. The lowest BCUT2D eigenvalue weighted by Crippen LogP contribution is -2.48. The number of carbonyl (C=O) groups is 2. The van der Waals surface area contributed by atoms with Crippen molar-refractivity contribution in [3.8, 4) is 17.2 Å². The van der Waals surface area contributed by atoms with Gasteiger partial charge in [0.15, 0.2) is 0 Å². The zero-order valence-corrected chi connectivity index (χ0v) is 17.5. The number of nitriles is 1. The molecule has 0 saturated carbocycles. The van der Waals surface area contributed by atoms with Gasteiger partial charge in [-0.2, -0.15) is 5.26 Å². The van der Waals surface area contributed by atoms with Crippen molar-refractivity contribution in [1.29, 1.82) is 5.26 Å². The van der Waals surface area contributed by atoms with Crippen LogP contribution in [0, 0.1) is 17.2 Å². The Hall–Kier alpha value is -3.13. The average molecular weight is 415 g/mol. The fourth-order valence-electron chi connectivity index (χ4n) is 5.79. The molecule has 1 amide bonds. The maximum atomic E-state index is 13.1. The van der Waals surface area contributed by atoms with Crippen LogP contribution >= 0.6 is 0 Å². The fraction of sp³-hybridized carbons (Fsp3) is 0.423. The van der Waals surface area contributed by atoms with E-state index in [1.54, 1.807) is 0 Å². The minimum Gasteiger partial charge on any atom is -0.448 e. The number of piperidine rings is 1. The van der Waals surface area contributed by atoms with E-state index in [0.29, 0.717) is 25.9 Å². The van der Waals surface area contributed by atoms with E-state index in [4.69, 9.17) is 10.00 Å². The second-order valence-corrected chi connectivity index (χ2v) is 8.89. The van der Waals surface area contributed by atoms with Crippen molar-refractivity contribution in [2.45, 2.75) is 56.5 Å². The van der Waals surface area contributed by atoms with Gasteiger partial charge >= 0.3 is 6.09 Å². The van der Waals surface area contributed by atoms with Gasteiger partial charge in [0.2, 0.25) is 0 Å². The van der Waals surface area contributed by atoms with Crippen LogP contribution in [-0.2, 0) is 9.53 Å². The zero-order chi connectivity index (χ0) is 21.4. The van der Waals surface area contributed by atoms with E-state index < -0.39 is 0 Å². The van der Waals surface area contributed by atoms with Gasteiger partial charge in [0, 0.05) is 36.8 Å². The number of Topliss-reactive ketones (excluding diaryl/α,β-unsaturated/α-hetero) is 1. The maximum Gasteiger partial charge on any atom is 0.410 e. The SMILES string of the molecule is N#CCCC(=O)C1CC2CCC(C1)N2C(=O)OCC1c2ccccc2-c2ccccc21. The lowest BCUT2D eigenvalue weighted by atomic mass is 9.86. The number of hydrogen-bond donors (Lipinski definition) is 0. The highest BCUT2D eigenvalue weighted by Crippen LogP contribution is 2.45. The van der Waals surface area contributed by atoms with E-state index >= 15 is 0 Å². The molecule has 2 heterocycles. The Balaban J connectivity index is 1.26. The lowest BCUT2D eigenvalue weighted by Gasteiger charge is -2.37. The Labute approximate surface area is 182 Å². The van der Waals surface area contributed by atoms with Gasteiger partial charge in [-0.15, -0.1) is 0 Å². The summed E-state index contributed by atoms with van der Waals surface area (Å²) >= 11 is 0. The summed E-state index contributed by atoms with van der Waals surface area (Å²) < 4.78 is 5.88. The molecule has 5 nitrogen and oxygen atoms in total. The Kier molecular flexibility index (Phi) is 5.23. The number of hydrogen-bond acceptors (Lipinski definition) is 4. The first-order valence-corrected chi connectivity index (χ1v) is 11.2. The molecule has 158 valence electrons. The number of rotatable bonds is 5. The summed E-state index contributed by atoms with van der Waals surface area (Å²) in [6, 6.07) is 18.9. The van der Waals surface area contributed by atoms with E-state index in [0.717, 1.165) is 12.8 Å². The highest BCUT2D eigenvalue weighted by molar-refractivity contribution is 5.82. The summed E-state index contributed by atoms with van der Waals surface area (Å²) in [6.45, 7) is 0.327. The number of benzene rings is 2. The molecule has 2 atom stereocenters. The van der Waals surface area contributed by atoms with Crippen LogP contribution < -0.4 is 0 Å². The molecule has 0 spiro atoms. The Morgan fingerprint density at radius 3 is 2.13 bits per heavy atom. The summed E-state index contributed by atoms with van der Waals surface area (Å²) in [7, 11) is 0. The van der Waals surface area contributed by atoms with Gasteiger partial charge in [-0.3, -0.25) is 4.79 Å². The summed E-state index contributed by atoms with van der Waals surface area (Å²) in [4.78, 5) is 27.4. The Morgan fingerprint density at radius 1 is 0.968 bits per heavy atom. The van der Waals surface area contributed by atoms with Crippen molar-refractivity contribution in [2.24, 2.45) is 5.92 Å². The quantitative estimate of drug-likeness (QED) is 0.686. The van der Waals surface area contributed by atoms with Gasteiger partial charge in [-0.1, -0.05) is 48.5 Å². The molecule has 2 bridgehead atoms. The molecular weight excluding hydrogens is 388 g/mol. The van der Waals surface area contributed by atoms with Crippen LogP contribution in [0.5, 0.6) is 0 Å². The van der Waals surface area contributed by atoms with E-state index in [9.17, 15) is 9.59 Å². The van der Waals surface area contributed by atoms with Crippen LogP contribution in [0.2, 0.25) is 0 Å². The molecule has 2 aromatic rings. The molecule has 31 heavy (non-hydrogen) atoms. The van der Waals surface area contributed by atoms with Crippen LogP contribution in [0.3, 0.4) is 0 Å². The van der Waals surface area contributed by atoms with Gasteiger partial charge in [-0.05, 0) is 47.9 Å². The number of amides is 1. The summed E-state index contributed by atoms with van der Waals surface area (Å²) in [6.07, 6.45) is 3.60. The second kappa shape index (κ2) is 8.19. The largest absolute Gasteiger partial charge is 0.448 e. The molecule has 5 rings (SSSR count). The number of nitrogens with zero attached hydrogens (tertiary/aromatic N) is 2. The van der Waals surface area contributed by atoms with Crippen LogP contribution in [-0.4, -0.2) is 35.5 Å². The van der Waals surface area contributed by atoms with Crippen molar-refractivity contribution < 1.29 is 14.3 Å². The van der Waals surface area contributed by atoms with Gasteiger partial charge in [0.05, 0.1) is 6.07 Å². The molecule has 2 saturated heterocycles. The Morgan fingerprint density at radius 2 is 1.55 bits per heavy atom. The topological polar surface area (TPSA) is 70.4 Å². The third-order valence-electron chi connectivity index (χ3n) is 7.22. The fourth-order valence-corrected chi connectivity index (χ4v) is 5.79. The van der Waals surface area contributed by atoms with E-state index in [-0.39, 0.29) is 42.2 Å². The number of fused-ring (bicyclic) bond motifs is 5. The van der Waals surface area contributed by atoms with Crippen molar-refractivity contribution in [3.05, 3.63) is 59.7 Å². The molecule has 0 N–H and O–H groups in total. The van der Waals surface area contributed by atoms with Crippen LogP contribution in [0.4, 0.5) is 4.79 Å². The molecule has 2 fully saturated rings. The van der Waals surface area contributed by atoms with Crippen molar-refractivity contribution in [2.75, 3.05) is 6.61 Å². The summed E-state index contributed by atoms with van der Waals surface area (Å²) in [5.74, 6) is 0.202. The molecule has 0 aromatic heterocycles. The second-order valence-electron chi connectivity index (χ2n) is 8.89. The molecule has 1 aliphatic carbocycles. The molecular formula is C26H26N2O3. The first-order chi connectivity index (χ1) is 15.2. The number of carbonyl (C=O) groups excluding carboxylic acids is 2. The molecule has 5 heteroatoms. The van der Waals surface area contributed by atoms with Crippen LogP contribution in [0.15, 0.2) is 48.5 Å². The monoisotopic (exact) mass is 414 g/mol. The third kappa shape index (κ3) is 3.50. The first-order valence-electron chi connectivity index (χ1n) is 11.2. The van der Waals surface area contributed by atoms with Crippen molar-refractivity contribution in [1.82, 2.24) is 4.90 Å². The maximum absolute atomic E-state index is 13.1. The minimum atomic E-state index is -0.253. The standard InChI is InChI=1S/C26H26N2O3/c27-13-5-10-25(29)17-14-18-11-12-19(15-17)28(18)26(30)31-16-24-22-8-3-1-6-20(22)21-7-2-4-9-23(21)24/h1-4,6-9,17-19,24H,5,10-12,14-16H2. The third-order valence-corrected chi connectivity index (χ3v) is 7.22. The zero-order valence-electron chi connectivity index (χ0n) is 17.5. The summed E-state index contributed by atoms with van der Waals surface area (Å²) in [5, 5.41) is 8.74. The van der Waals surface area contributed by atoms with Gasteiger partial charge < -0.3 is 9.64 Å². The normalized spacial score (nSPS) is 23.7. The van der Waals surface area contributed by atoms with E-state index in [1.807, 2.05) is 29.2 Å². The van der Waals surface area contributed by atoms with E-state index in [2.05, 4.69) is 30.3 Å².